The van der Waals surface area contributed by atoms with Gasteiger partial charge in [0.05, 0.1) is 17.8 Å². The minimum atomic E-state index is -3.82. The van der Waals surface area contributed by atoms with Crippen LogP contribution in [0.4, 0.5) is 11.5 Å². The van der Waals surface area contributed by atoms with Gasteiger partial charge in [-0.05, 0) is 18.2 Å². The lowest BCUT2D eigenvalue weighted by Gasteiger charge is -2.10. The number of anilines is 2. The van der Waals surface area contributed by atoms with Crippen molar-refractivity contribution in [3.63, 3.8) is 0 Å². The summed E-state index contributed by atoms with van der Waals surface area (Å²) in [5, 5.41) is 0.0738. The molecule has 0 aliphatic rings. The number of ether oxygens (including phenoxy) is 1. The van der Waals surface area contributed by atoms with Gasteiger partial charge in [-0.25, -0.2) is 13.4 Å². The second kappa shape index (κ2) is 6.08. The van der Waals surface area contributed by atoms with E-state index in [0.717, 1.165) is 6.20 Å². The molecule has 21 heavy (non-hydrogen) atoms. The quantitative estimate of drug-likeness (QED) is 0.834. The Balaban J connectivity index is 2.37. The molecule has 1 aromatic carbocycles. The van der Waals surface area contributed by atoms with E-state index in [0.29, 0.717) is 15.9 Å². The molecule has 1 aromatic heterocycles. The van der Waals surface area contributed by atoms with Crippen molar-refractivity contribution in [3.05, 3.63) is 40.0 Å². The number of aromatic nitrogens is 1. The van der Waals surface area contributed by atoms with Gasteiger partial charge in [-0.3, -0.25) is 4.72 Å². The standard InChI is InChI=1S/C12H11BrClN3O3S/c1-20-9-3-7(13)2-8(4-9)17-21(18,19)10-5-11(14)12(15)16-6-10/h2-6,17H,1H3,(H2,15,16). The molecule has 0 amide bonds. The van der Waals surface area contributed by atoms with Crippen molar-refractivity contribution in [2.45, 2.75) is 4.90 Å². The lowest BCUT2D eigenvalue weighted by Crippen LogP contribution is -2.13. The van der Waals surface area contributed by atoms with E-state index in [9.17, 15) is 8.42 Å². The summed E-state index contributed by atoms with van der Waals surface area (Å²) in [6.07, 6.45) is 1.14. The summed E-state index contributed by atoms with van der Waals surface area (Å²) in [5.41, 5.74) is 5.80. The maximum Gasteiger partial charge on any atom is 0.263 e. The fraction of sp³-hybridized carbons (Fsp3) is 0.0833. The van der Waals surface area contributed by atoms with Crippen molar-refractivity contribution >= 4 is 49.1 Å². The van der Waals surface area contributed by atoms with Crippen LogP contribution >= 0.6 is 27.5 Å². The number of halogens is 2. The Morgan fingerprint density at radius 3 is 2.67 bits per heavy atom. The zero-order valence-electron chi connectivity index (χ0n) is 10.8. The second-order valence-electron chi connectivity index (χ2n) is 4.02. The van der Waals surface area contributed by atoms with Crippen LogP contribution in [0.2, 0.25) is 5.02 Å². The van der Waals surface area contributed by atoms with Crippen molar-refractivity contribution in [2.75, 3.05) is 17.6 Å². The van der Waals surface area contributed by atoms with Crippen LogP contribution < -0.4 is 15.2 Å². The number of nitrogens with two attached hydrogens (primary N) is 1. The van der Waals surface area contributed by atoms with Gasteiger partial charge in [-0.15, -0.1) is 0 Å². The lowest BCUT2D eigenvalue weighted by atomic mass is 10.3. The smallest absolute Gasteiger partial charge is 0.263 e. The van der Waals surface area contributed by atoms with Crippen LogP contribution in [0.25, 0.3) is 0 Å². The molecule has 0 atom stereocenters. The third-order valence-electron chi connectivity index (χ3n) is 2.51. The van der Waals surface area contributed by atoms with Gasteiger partial charge in [-0.1, -0.05) is 27.5 Å². The van der Waals surface area contributed by atoms with Gasteiger partial charge in [0.1, 0.15) is 16.5 Å². The van der Waals surface area contributed by atoms with Crippen LogP contribution in [0.1, 0.15) is 0 Å². The van der Waals surface area contributed by atoms with Gasteiger partial charge in [0, 0.05) is 16.7 Å². The number of pyridine rings is 1. The molecule has 0 aliphatic carbocycles. The molecule has 6 nitrogen and oxygen atoms in total. The van der Waals surface area contributed by atoms with Crippen molar-refractivity contribution in [3.8, 4) is 5.75 Å². The van der Waals surface area contributed by atoms with E-state index >= 15 is 0 Å². The molecule has 9 heteroatoms. The SMILES string of the molecule is COc1cc(Br)cc(NS(=O)(=O)c2cnc(N)c(Cl)c2)c1. The highest BCUT2D eigenvalue weighted by atomic mass is 79.9. The highest BCUT2D eigenvalue weighted by molar-refractivity contribution is 9.10. The number of sulfonamides is 1. The topological polar surface area (TPSA) is 94.3 Å². The first-order valence-corrected chi connectivity index (χ1v) is 8.25. The summed E-state index contributed by atoms with van der Waals surface area (Å²) in [6, 6.07) is 6.10. The molecule has 0 spiro atoms. The van der Waals surface area contributed by atoms with Crippen molar-refractivity contribution in [2.24, 2.45) is 0 Å². The van der Waals surface area contributed by atoms with Crippen LogP contribution in [0, 0.1) is 0 Å². The number of nitrogens with one attached hydrogen (secondary N) is 1. The molecule has 0 saturated carbocycles. The molecule has 2 aromatic rings. The number of benzene rings is 1. The summed E-state index contributed by atoms with van der Waals surface area (Å²) < 4.78 is 32.7. The van der Waals surface area contributed by atoms with Crippen molar-refractivity contribution < 1.29 is 13.2 Å². The molecule has 3 N–H and O–H groups in total. The van der Waals surface area contributed by atoms with Crippen molar-refractivity contribution in [1.82, 2.24) is 4.98 Å². The molecule has 0 aliphatic heterocycles. The lowest BCUT2D eigenvalue weighted by molar-refractivity contribution is 0.415. The number of nitrogen functional groups attached to an aromatic ring is 1. The summed E-state index contributed by atoms with van der Waals surface area (Å²) in [7, 11) is -2.33. The second-order valence-corrected chi connectivity index (χ2v) is 7.03. The Morgan fingerprint density at radius 2 is 2.05 bits per heavy atom. The monoisotopic (exact) mass is 391 g/mol. The van der Waals surface area contributed by atoms with Gasteiger partial charge >= 0.3 is 0 Å². The highest BCUT2D eigenvalue weighted by Crippen LogP contribution is 2.27. The molecular formula is C12H11BrClN3O3S. The molecule has 1 heterocycles. The molecule has 0 saturated heterocycles. The van der Waals surface area contributed by atoms with E-state index in [-0.39, 0.29) is 15.7 Å². The Bertz CT molecular complexity index is 783. The van der Waals surface area contributed by atoms with Crippen LogP contribution in [-0.2, 0) is 10.0 Å². The predicted octanol–water partition coefficient (Wildman–Crippen LogP) is 2.89. The average molecular weight is 393 g/mol. The number of methoxy groups -OCH3 is 1. The summed E-state index contributed by atoms with van der Waals surface area (Å²) in [6.45, 7) is 0. The van der Waals surface area contributed by atoms with E-state index in [2.05, 4.69) is 25.6 Å². The maximum atomic E-state index is 12.3. The molecule has 0 radical (unpaired) electrons. The van der Waals surface area contributed by atoms with E-state index in [1.165, 1.54) is 13.2 Å². The van der Waals surface area contributed by atoms with Gasteiger partial charge < -0.3 is 10.5 Å². The molecule has 0 bridgehead atoms. The van der Waals surface area contributed by atoms with E-state index in [1.54, 1.807) is 18.2 Å². The van der Waals surface area contributed by atoms with Crippen LogP contribution in [-0.4, -0.2) is 20.5 Å². The minimum Gasteiger partial charge on any atom is -0.497 e. The van der Waals surface area contributed by atoms with Gasteiger partial charge in [0.2, 0.25) is 0 Å². The molecule has 0 fully saturated rings. The van der Waals surface area contributed by atoms with Crippen LogP contribution in [0.3, 0.4) is 0 Å². The zero-order valence-corrected chi connectivity index (χ0v) is 14.0. The van der Waals surface area contributed by atoms with E-state index in [1.807, 2.05) is 0 Å². The normalized spacial score (nSPS) is 11.2. The molecule has 112 valence electrons. The number of hydrogen-bond acceptors (Lipinski definition) is 5. The highest BCUT2D eigenvalue weighted by Gasteiger charge is 2.17. The van der Waals surface area contributed by atoms with Crippen LogP contribution in [0.15, 0.2) is 39.8 Å². The Labute approximate surface area is 135 Å². The molecule has 2 rings (SSSR count). The van der Waals surface area contributed by atoms with Gasteiger partial charge in [0.15, 0.2) is 0 Å². The summed E-state index contributed by atoms with van der Waals surface area (Å²) in [4.78, 5) is 3.65. The zero-order chi connectivity index (χ0) is 15.6. The Morgan fingerprint density at radius 1 is 1.33 bits per heavy atom. The number of nitrogens with zero attached hydrogens (tertiary/aromatic N) is 1. The summed E-state index contributed by atoms with van der Waals surface area (Å²) >= 11 is 9.06. The first-order chi connectivity index (χ1) is 9.81. The largest absolute Gasteiger partial charge is 0.497 e. The first kappa shape index (κ1) is 15.9. The van der Waals surface area contributed by atoms with Gasteiger partial charge in [0.25, 0.3) is 10.0 Å². The summed E-state index contributed by atoms with van der Waals surface area (Å²) in [5.74, 6) is 0.579. The first-order valence-electron chi connectivity index (χ1n) is 5.60. The fourth-order valence-electron chi connectivity index (χ4n) is 1.53. The Kier molecular flexibility index (Phi) is 4.60. The van der Waals surface area contributed by atoms with Crippen molar-refractivity contribution in [1.29, 1.82) is 0 Å². The number of rotatable bonds is 4. The Hall–Kier alpha value is -1.51. The number of hydrogen-bond donors (Lipinski definition) is 2. The van der Waals surface area contributed by atoms with Crippen LogP contribution in [0.5, 0.6) is 5.75 Å². The molecule has 0 unspecified atom stereocenters. The predicted molar refractivity (Wildman–Crippen MR) is 85.2 cm³/mol. The van der Waals surface area contributed by atoms with E-state index < -0.39 is 10.0 Å². The third kappa shape index (κ3) is 3.78. The average Bonchev–Trinajstić information content (AvgIpc) is 2.40. The van der Waals surface area contributed by atoms with E-state index in [4.69, 9.17) is 22.1 Å². The fourth-order valence-corrected chi connectivity index (χ4v) is 3.25. The minimum absolute atomic E-state index is 0.0692. The molecular weight excluding hydrogens is 382 g/mol. The third-order valence-corrected chi connectivity index (χ3v) is 4.62. The van der Waals surface area contributed by atoms with Gasteiger partial charge in [-0.2, -0.15) is 0 Å². The maximum absolute atomic E-state index is 12.3.